The van der Waals surface area contributed by atoms with Crippen molar-refractivity contribution in [2.24, 2.45) is 11.8 Å². The normalized spacial score (nSPS) is 12.9. The standard InChI is InChI=1S/C17H29N/c1-5-15-7-9-16(10-8-15)12-17(11-14(3)4)13-18-6-2/h7-10,14,17-18H,5-6,11-13H2,1-4H3. The number of nitrogens with one attached hydrogen (secondary N) is 1. The molecule has 0 aromatic heterocycles. The third-order valence-corrected chi connectivity index (χ3v) is 3.44. The zero-order valence-corrected chi connectivity index (χ0v) is 12.5. The number of aryl methyl sites for hydroxylation is 1. The van der Waals surface area contributed by atoms with Crippen LogP contribution in [-0.4, -0.2) is 13.1 Å². The van der Waals surface area contributed by atoms with Gasteiger partial charge in [0.05, 0.1) is 0 Å². The summed E-state index contributed by atoms with van der Waals surface area (Å²) >= 11 is 0. The van der Waals surface area contributed by atoms with Crippen LogP contribution < -0.4 is 5.32 Å². The summed E-state index contributed by atoms with van der Waals surface area (Å²) in [5, 5.41) is 3.50. The molecule has 0 fully saturated rings. The van der Waals surface area contributed by atoms with Crippen LogP contribution in [0.1, 0.15) is 45.2 Å². The van der Waals surface area contributed by atoms with Crippen LogP contribution in [0.25, 0.3) is 0 Å². The molecule has 1 N–H and O–H groups in total. The van der Waals surface area contributed by atoms with Crippen molar-refractivity contribution in [3.63, 3.8) is 0 Å². The van der Waals surface area contributed by atoms with Crippen LogP contribution in [-0.2, 0) is 12.8 Å². The van der Waals surface area contributed by atoms with Crippen molar-refractivity contribution in [1.29, 1.82) is 0 Å². The molecule has 0 saturated heterocycles. The molecule has 1 heteroatoms. The van der Waals surface area contributed by atoms with Gasteiger partial charge in [-0.25, -0.2) is 0 Å². The van der Waals surface area contributed by atoms with E-state index >= 15 is 0 Å². The summed E-state index contributed by atoms with van der Waals surface area (Å²) in [4.78, 5) is 0. The highest BCUT2D eigenvalue weighted by Crippen LogP contribution is 2.17. The quantitative estimate of drug-likeness (QED) is 0.730. The Bertz CT molecular complexity index is 313. The van der Waals surface area contributed by atoms with Gasteiger partial charge in [-0.3, -0.25) is 0 Å². The number of benzene rings is 1. The highest BCUT2D eigenvalue weighted by atomic mass is 14.8. The van der Waals surface area contributed by atoms with Crippen molar-refractivity contribution in [2.45, 2.75) is 47.0 Å². The first kappa shape index (κ1) is 15.2. The van der Waals surface area contributed by atoms with Crippen LogP contribution in [0.4, 0.5) is 0 Å². The number of hydrogen-bond donors (Lipinski definition) is 1. The summed E-state index contributed by atoms with van der Waals surface area (Å²) in [6, 6.07) is 9.15. The monoisotopic (exact) mass is 247 g/mol. The lowest BCUT2D eigenvalue weighted by Gasteiger charge is -2.19. The molecular formula is C17H29N. The van der Waals surface area contributed by atoms with Crippen molar-refractivity contribution in [2.75, 3.05) is 13.1 Å². The van der Waals surface area contributed by atoms with Crippen LogP contribution >= 0.6 is 0 Å². The molecule has 18 heavy (non-hydrogen) atoms. The van der Waals surface area contributed by atoms with Crippen molar-refractivity contribution in [3.05, 3.63) is 35.4 Å². The first-order valence-electron chi connectivity index (χ1n) is 7.44. The van der Waals surface area contributed by atoms with Gasteiger partial charge in [0.15, 0.2) is 0 Å². The predicted molar refractivity (Wildman–Crippen MR) is 81.0 cm³/mol. The molecule has 1 nitrogen and oxygen atoms in total. The van der Waals surface area contributed by atoms with E-state index in [4.69, 9.17) is 0 Å². The van der Waals surface area contributed by atoms with Gasteiger partial charge in [-0.1, -0.05) is 52.0 Å². The van der Waals surface area contributed by atoms with Gasteiger partial charge in [0.1, 0.15) is 0 Å². The summed E-state index contributed by atoms with van der Waals surface area (Å²) in [5.41, 5.74) is 2.92. The van der Waals surface area contributed by atoms with E-state index < -0.39 is 0 Å². The second kappa shape index (κ2) is 8.31. The van der Waals surface area contributed by atoms with Gasteiger partial charge < -0.3 is 5.32 Å². The SMILES string of the molecule is CCNCC(Cc1ccc(CC)cc1)CC(C)C. The van der Waals surface area contributed by atoms with Gasteiger partial charge in [0, 0.05) is 0 Å². The molecule has 1 atom stereocenters. The van der Waals surface area contributed by atoms with Crippen molar-refractivity contribution < 1.29 is 0 Å². The molecule has 0 bridgehead atoms. The maximum atomic E-state index is 3.50. The van der Waals surface area contributed by atoms with Gasteiger partial charge in [0.2, 0.25) is 0 Å². The van der Waals surface area contributed by atoms with Gasteiger partial charge in [-0.2, -0.15) is 0 Å². The Hall–Kier alpha value is -0.820. The minimum absolute atomic E-state index is 0.762. The van der Waals surface area contributed by atoms with Gasteiger partial charge in [-0.05, 0) is 55.3 Å². The van der Waals surface area contributed by atoms with Gasteiger partial charge in [0.25, 0.3) is 0 Å². The van der Waals surface area contributed by atoms with Crippen LogP contribution in [0.5, 0.6) is 0 Å². The molecule has 1 rings (SSSR count). The molecule has 1 aromatic carbocycles. The summed E-state index contributed by atoms with van der Waals surface area (Å²) in [6.07, 6.45) is 3.64. The van der Waals surface area contributed by atoms with Crippen molar-refractivity contribution >= 4 is 0 Å². The van der Waals surface area contributed by atoms with E-state index in [2.05, 4.69) is 57.3 Å². The third kappa shape index (κ3) is 5.68. The average Bonchev–Trinajstić information content (AvgIpc) is 2.36. The van der Waals surface area contributed by atoms with Gasteiger partial charge in [-0.15, -0.1) is 0 Å². The second-order valence-corrected chi connectivity index (χ2v) is 5.68. The van der Waals surface area contributed by atoms with E-state index in [9.17, 15) is 0 Å². The largest absolute Gasteiger partial charge is 0.317 e. The molecule has 0 radical (unpaired) electrons. The van der Waals surface area contributed by atoms with Crippen LogP contribution in [0.15, 0.2) is 24.3 Å². The molecule has 0 aliphatic carbocycles. The van der Waals surface area contributed by atoms with E-state index in [1.807, 2.05) is 0 Å². The lowest BCUT2D eigenvalue weighted by Crippen LogP contribution is -2.25. The summed E-state index contributed by atoms with van der Waals surface area (Å²) in [7, 11) is 0. The fourth-order valence-electron chi connectivity index (χ4n) is 2.50. The van der Waals surface area contributed by atoms with E-state index in [0.29, 0.717) is 0 Å². The summed E-state index contributed by atoms with van der Waals surface area (Å²) in [6.45, 7) is 11.2. The van der Waals surface area contributed by atoms with E-state index in [1.165, 1.54) is 24.0 Å². The number of rotatable bonds is 8. The van der Waals surface area contributed by atoms with Crippen LogP contribution in [0.3, 0.4) is 0 Å². The molecule has 1 aromatic rings. The minimum Gasteiger partial charge on any atom is -0.317 e. The molecule has 0 saturated carbocycles. The fourth-order valence-corrected chi connectivity index (χ4v) is 2.50. The van der Waals surface area contributed by atoms with E-state index in [0.717, 1.165) is 31.3 Å². The molecule has 0 amide bonds. The highest BCUT2D eigenvalue weighted by molar-refractivity contribution is 5.22. The highest BCUT2D eigenvalue weighted by Gasteiger charge is 2.11. The summed E-state index contributed by atoms with van der Waals surface area (Å²) in [5.74, 6) is 1.54. The van der Waals surface area contributed by atoms with E-state index in [-0.39, 0.29) is 0 Å². The lowest BCUT2D eigenvalue weighted by molar-refractivity contribution is 0.388. The Labute approximate surface area is 113 Å². The Morgan fingerprint density at radius 2 is 1.61 bits per heavy atom. The first-order chi connectivity index (χ1) is 8.65. The Morgan fingerprint density at radius 1 is 1.00 bits per heavy atom. The second-order valence-electron chi connectivity index (χ2n) is 5.68. The molecule has 0 heterocycles. The molecular weight excluding hydrogens is 218 g/mol. The Kier molecular flexibility index (Phi) is 7.04. The maximum Gasteiger partial charge on any atom is -0.00174 e. The first-order valence-corrected chi connectivity index (χ1v) is 7.44. The smallest absolute Gasteiger partial charge is 0.00174 e. The minimum atomic E-state index is 0.762. The van der Waals surface area contributed by atoms with Crippen LogP contribution in [0, 0.1) is 11.8 Å². The van der Waals surface area contributed by atoms with Crippen LogP contribution in [0.2, 0.25) is 0 Å². The average molecular weight is 247 g/mol. The van der Waals surface area contributed by atoms with E-state index in [1.54, 1.807) is 0 Å². The molecule has 0 aliphatic rings. The molecule has 0 aliphatic heterocycles. The number of hydrogen-bond acceptors (Lipinski definition) is 1. The predicted octanol–water partition coefficient (Wildman–Crippen LogP) is 4.06. The zero-order valence-electron chi connectivity index (χ0n) is 12.5. The molecule has 0 spiro atoms. The summed E-state index contributed by atoms with van der Waals surface area (Å²) < 4.78 is 0. The molecule has 1 unspecified atom stereocenters. The zero-order chi connectivity index (χ0) is 13.4. The van der Waals surface area contributed by atoms with Crippen molar-refractivity contribution in [1.82, 2.24) is 5.32 Å². The Morgan fingerprint density at radius 3 is 2.11 bits per heavy atom. The fraction of sp³-hybridized carbons (Fsp3) is 0.647. The third-order valence-electron chi connectivity index (χ3n) is 3.44. The topological polar surface area (TPSA) is 12.0 Å². The van der Waals surface area contributed by atoms with Crippen molar-refractivity contribution in [3.8, 4) is 0 Å². The lowest BCUT2D eigenvalue weighted by atomic mass is 9.90. The Balaban J connectivity index is 2.56. The maximum absolute atomic E-state index is 3.50. The molecule has 102 valence electrons. The van der Waals surface area contributed by atoms with Gasteiger partial charge >= 0.3 is 0 Å².